The summed E-state index contributed by atoms with van der Waals surface area (Å²) in [4.78, 5) is 3.67. The number of benzene rings is 2. The lowest BCUT2D eigenvalue weighted by molar-refractivity contribution is 0.415. The molecule has 1 aliphatic heterocycles. The summed E-state index contributed by atoms with van der Waals surface area (Å²) in [5.41, 5.74) is 6.61. The highest BCUT2D eigenvalue weighted by atomic mass is 16.5. The third kappa shape index (κ3) is 3.47. The van der Waals surface area contributed by atoms with Gasteiger partial charge in [-0.2, -0.15) is 0 Å². The SMILES string of the molecule is COc1ccc2[nH]c3c(c2c1)CCNC3c1cc(C(C)(C)C)c(O)c(C(C)(C)C)c1. The highest BCUT2D eigenvalue weighted by Crippen LogP contribution is 2.43. The van der Waals surface area contributed by atoms with Crippen LogP contribution in [0.1, 0.15) is 75.5 Å². The second kappa shape index (κ2) is 7.05. The number of methoxy groups -OCH3 is 1. The Morgan fingerprint density at radius 2 is 1.60 bits per heavy atom. The number of hydrogen-bond acceptors (Lipinski definition) is 3. The van der Waals surface area contributed by atoms with Crippen LogP contribution in [-0.2, 0) is 17.3 Å². The van der Waals surface area contributed by atoms with E-state index in [1.807, 2.05) is 6.07 Å². The number of phenolic OH excluding ortho intramolecular Hbond substituents is 1. The number of aromatic amines is 1. The number of fused-ring (bicyclic) bond motifs is 3. The first kappa shape index (κ1) is 20.8. The van der Waals surface area contributed by atoms with Crippen molar-refractivity contribution in [2.45, 2.75) is 64.8 Å². The second-order valence-corrected chi connectivity index (χ2v) is 10.5. The van der Waals surface area contributed by atoms with Crippen molar-refractivity contribution in [2.24, 2.45) is 0 Å². The van der Waals surface area contributed by atoms with E-state index in [9.17, 15) is 5.11 Å². The van der Waals surface area contributed by atoms with Crippen LogP contribution < -0.4 is 10.1 Å². The van der Waals surface area contributed by atoms with E-state index in [1.54, 1.807) is 7.11 Å². The van der Waals surface area contributed by atoms with Crippen LogP contribution in [-0.4, -0.2) is 23.7 Å². The molecule has 0 radical (unpaired) electrons. The van der Waals surface area contributed by atoms with Crippen molar-refractivity contribution in [1.82, 2.24) is 10.3 Å². The molecule has 0 fully saturated rings. The van der Waals surface area contributed by atoms with Gasteiger partial charge >= 0.3 is 0 Å². The van der Waals surface area contributed by atoms with Crippen molar-refractivity contribution in [3.63, 3.8) is 0 Å². The molecule has 4 nitrogen and oxygen atoms in total. The number of H-pyrrole nitrogens is 1. The van der Waals surface area contributed by atoms with Crippen LogP contribution in [0.4, 0.5) is 0 Å². The Kier molecular flexibility index (Phi) is 4.89. The van der Waals surface area contributed by atoms with Gasteiger partial charge in [0.15, 0.2) is 0 Å². The van der Waals surface area contributed by atoms with Gasteiger partial charge in [0.2, 0.25) is 0 Å². The van der Waals surface area contributed by atoms with Crippen LogP contribution in [0.2, 0.25) is 0 Å². The minimum absolute atomic E-state index is 0.0648. The second-order valence-electron chi connectivity index (χ2n) is 10.5. The van der Waals surface area contributed by atoms with E-state index in [0.717, 1.165) is 35.4 Å². The molecule has 0 saturated carbocycles. The number of aromatic nitrogens is 1. The van der Waals surface area contributed by atoms with Crippen LogP contribution in [0.15, 0.2) is 30.3 Å². The predicted molar refractivity (Wildman–Crippen MR) is 124 cm³/mol. The first-order valence-corrected chi connectivity index (χ1v) is 10.8. The van der Waals surface area contributed by atoms with Gasteiger partial charge in [0.25, 0.3) is 0 Å². The summed E-state index contributed by atoms with van der Waals surface area (Å²) in [6, 6.07) is 10.7. The normalized spacial score (nSPS) is 17.2. The number of aromatic hydroxyl groups is 1. The molecule has 0 bridgehead atoms. The molecule has 4 rings (SSSR count). The Morgan fingerprint density at radius 1 is 0.967 bits per heavy atom. The smallest absolute Gasteiger partial charge is 0.123 e. The Bertz CT molecular complexity index is 1060. The summed E-state index contributed by atoms with van der Waals surface area (Å²) in [6.07, 6.45) is 0.981. The van der Waals surface area contributed by atoms with E-state index >= 15 is 0 Å². The summed E-state index contributed by atoms with van der Waals surface area (Å²) in [7, 11) is 1.71. The van der Waals surface area contributed by atoms with Crippen molar-refractivity contribution in [1.29, 1.82) is 0 Å². The van der Waals surface area contributed by atoms with Gasteiger partial charge in [-0.1, -0.05) is 41.5 Å². The first-order chi connectivity index (χ1) is 14.0. The number of phenols is 1. The zero-order valence-corrected chi connectivity index (χ0v) is 19.2. The third-order valence-corrected chi connectivity index (χ3v) is 6.24. The average molecular weight is 407 g/mol. The Morgan fingerprint density at radius 3 is 2.17 bits per heavy atom. The summed E-state index contributed by atoms with van der Waals surface area (Å²) >= 11 is 0. The molecule has 2 heterocycles. The summed E-state index contributed by atoms with van der Waals surface area (Å²) in [5, 5.41) is 16.1. The maximum absolute atomic E-state index is 11.1. The highest BCUT2D eigenvalue weighted by Gasteiger charge is 2.31. The van der Waals surface area contributed by atoms with E-state index in [4.69, 9.17) is 4.74 Å². The summed E-state index contributed by atoms with van der Waals surface area (Å²) in [6.45, 7) is 13.9. The largest absolute Gasteiger partial charge is 0.507 e. The molecule has 0 aliphatic carbocycles. The minimum atomic E-state index is -0.147. The van der Waals surface area contributed by atoms with Gasteiger partial charge in [0, 0.05) is 23.1 Å². The van der Waals surface area contributed by atoms with Crippen LogP contribution in [0, 0.1) is 0 Å². The van der Waals surface area contributed by atoms with E-state index in [1.165, 1.54) is 22.2 Å². The molecule has 1 aliphatic rings. The molecule has 160 valence electrons. The Balaban J connectivity index is 1.92. The number of ether oxygens (including phenoxy) is 1. The number of rotatable bonds is 2. The number of nitrogens with one attached hydrogen (secondary N) is 2. The summed E-state index contributed by atoms with van der Waals surface area (Å²) < 4.78 is 5.46. The molecule has 3 aromatic rings. The van der Waals surface area contributed by atoms with Crippen molar-refractivity contribution >= 4 is 10.9 Å². The quantitative estimate of drug-likeness (QED) is 0.511. The van der Waals surface area contributed by atoms with Crippen LogP contribution >= 0.6 is 0 Å². The lowest BCUT2D eigenvalue weighted by atomic mass is 9.77. The van der Waals surface area contributed by atoms with E-state index in [0.29, 0.717) is 5.75 Å². The zero-order valence-electron chi connectivity index (χ0n) is 19.2. The lowest BCUT2D eigenvalue weighted by Gasteiger charge is -2.31. The molecule has 0 spiro atoms. The molecule has 2 aromatic carbocycles. The molecular weight excluding hydrogens is 372 g/mol. The van der Waals surface area contributed by atoms with Crippen molar-refractivity contribution in [3.8, 4) is 11.5 Å². The van der Waals surface area contributed by atoms with Gasteiger partial charge in [-0.25, -0.2) is 0 Å². The maximum Gasteiger partial charge on any atom is 0.123 e. The molecule has 1 unspecified atom stereocenters. The van der Waals surface area contributed by atoms with Gasteiger partial charge < -0.3 is 20.1 Å². The van der Waals surface area contributed by atoms with Gasteiger partial charge in [-0.15, -0.1) is 0 Å². The fourth-order valence-electron chi connectivity index (χ4n) is 4.59. The van der Waals surface area contributed by atoms with E-state index in [2.05, 4.69) is 76.1 Å². The molecule has 1 aromatic heterocycles. The van der Waals surface area contributed by atoms with Gasteiger partial charge in [0.1, 0.15) is 11.5 Å². The molecule has 1 atom stereocenters. The third-order valence-electron chi connectivity index (χ3n) is 6.24. The van der Waals surface area contributed by atoms with E-state index in [-0.39, 0.29) is 16.9 Å². The monoisotopic (exact) mass is 406 g/mol. The Labute approximate surface area is 179 Å². The van der Waals surface area contributed by atoms with Crippen LogP contribution in [0.25, 0.3) is 10.9 Å². The Hall–Kier alpha value is -2.46. The van der Waals surface area contributed by atoms with Crippen LogP contribution in [0.3, 0.4) is 0 Å². The average Bonchev–Trinajstić information content (AvgIpc) is 3.04. The molecular formula is C26H34N2O2. The molecule has 0 amide bonds. The van der Waals surface area contributed by atoms with Crippen molar-refractivity contribution in [2.75, 3.05) is 13.7 Å². The van der Waals surface area contributed by atoms with Gasteiger partial charge in [-0.3, -0.25) is 0 Å². The van der Waals surface area contributed by atoms with E-state index < -0.39 is 0 Å². The lowest BCUT2D eigenvalue weighted by Crippen LogP contribution is -2.31. The molecule has 30 heavy (non-hydrogen) atoms. The van der Waals surface area contributed by atoms with Crippen molar-refractivity contribution in [3.05, 3.63) is 58.3 Å². The fourth-order valence-corrected chi connectivity index (χ4v) is 4.59. The van der Waals surface area contributed by atoms with Gasteiger partial charge in [-0.05, 0) is 69.8 Å². The molecule has 3 N–H and O–H groups in total. The molecule has 0 saturated heterocycles. The zero-order chi connectivity index (χ0) is 21.8. The van der Waals surface area contributed by atoms with Crippen LogP contribution in [0.5, 0.6) is 11.5 Å². The first-order valence-electron chi connectivity index (χ1n) is 10.8. The fraction of sp³-hybridized carbons (Fsp3) is 0.462. The predicted octanol–water partition coefficient (Wildman–Crippen LogP) is 5.71. The number of hydrogen-bond donors (Lipinski definition) is 3. The minimum Gasteiger partial charge on any atom is -0.507 e. The summed E-state index contributed by atoms with van der Waals surface area (Å²) in [5.74, 6) is 1.31. The maximum atomic E-state index is 11.1. The van der Waals surface area contributed by atoms with Gasteiger partial charge in [0.05, 0.1) is 13.2 Å². The standard InChI is InChI=1S/C26H34N2O2/c1-25(2,3)19-12-15(13-20(24(19)29)26(4,5)6)22-23-17(10-11-27-22)18-14-16(30-7)8-9-21(18)28-23/h8-9,12-14,22,27-29H,10-11H2,1-7H3. The topological polar surface area (TPSA) is 57.3 Å². The molecule has 4 heteroatoms. The highest BCUT2D eigenvalue weighted by molar-refractivity contribution is 5.86. The van der Waals surface area contributed by atoms with Crippen molar-refractivity contribution < 1.29 is 9.84 Å².